The van der Waals surface area contributed by atoms with Gasteiger partial charge in [0.05, 0.1) is 0 Å². The number of likely N-dealkylation sites (N-methyl/N-ethyl adjacent to an activating group) is 1. The molecule has 2 aliphatic rings. The first-order valence-electron chi connectivity index (χ1n) is 7.70. The average molecular weight is 261 g/mol. The fourth-order valence-corrected chi connectivity index (χ4v) is 3.82. The van der Waals surface area contributed by atoms with Crippen LogP contribution in [0.2, 0.25) is 0 Å². The summed E-state index contributed by atoms with van der Waals surface area (Å²) in [7, 11) is 0. The van der Waals surface area contributed by atoms with E-state index in [0.717, 1.165) is 17.4 Å². The van der Waals surface area contributed by atoms with Crippen LogP contribution in [0.3, 0.4) is 0 Å². The Morgan fingerprint density at radius 2 is 2.11 bits per heavy atom. The van der Waals surface area contributed by atoms with Gasteiger partial charge in [0, 0.05) is 12.1 Å². The topological polar surface area (TPSA) is 29.1 Å². The van der Waals surface area contributed by atoms with Crippen LogP contribution >= 0.6 is 0 Å². The number of nitrogens with one attached hydrogen (secondary N) is 1. The van der Waals surface area contributed by atoms with Crippen LogP contribution in [0.1, 0.15) is 53.4 Å². The summed E-state index contributed by atoms with van der Waals surface area (Å²) in [5, 5.41) is 2.89. The van der Waals surface area contributed by atoms with E-state index in [4.69, 9.17) is 0 Å². The van der Waals surface area contributed by atoms with E-state index in [2.05, 4.69) is 25.2 Å². The van der Waals surface area contributed by atoms with Crippen LogP contribution in [-0.4, -0.2) is 12.5 Å². The summed E-state index contributed by atoms with van der Waals surface area (Å²) in [6, 6.07) is 0. The van der Waals surface area contributed by atoms with Gasteiger partial charge in [0.25, 0.3) is 0 Å². The monoisotopic (exact) mass is 261 g/mol. The summed E-state index contributed by atoms with van der Waals surface area (Å²) in [5.74, 6) is 2.19. The molecule has 0 aliphatic heterocycles. The predicted molar refractivity (Wildman–Crippen MR) is 79.8 cm³/mol. The molecule has 0 heterocycles. The molecule has 0 bridgehead atoms. The van der Waals surface area contributed by atoms with Crippen LogP contribution in [0.15, 0.2) is 22.8 Å². The van der Waals surface area contributed by atoms with Crippen molar-refractivity contribution in [1.29, 1.82) is 0 Å². The largest absolute Gasteiger partial charge is 0.353 e. The normalized spacial score (nSPS) is 31.4. The molecule has 3 atom stereocenters. The number of carbonyl (C=O) groups excluding carboxylic acids is 1. The summed E-state index contributed by atoms with van der Waals surface area (Å²) in [5.41, 5.74) is 4.12. The zero-order valence-electron chi connectivity index (χ0n) is 12.8. The molecule has 0 spiro atoms. The highest BCUT2D eigenvalue weighted by atomic mass is 16.1. The fourth-order valence-electron chi connectivity index (χ4n) is 3.82. The maximum Gasteiger partial charge on any atom is 0.246 e. The second kappa shape index (κ2) is 5.94. The van der Waals surface area contributed by atoms with Crippen molar-refractivity contribution in [3.8, 4) is 0 Å². The molecular formula is C17H27NO. The zero-order chi connectivity index (χ0) is 14.0. The minimum atomic E-state index is 0.0916. The maximum absolute atomic E-state index is 11.9. The van der Waals surface area contributed by atoms with Crippen molar-refractivity contribution in [3.63, 3.8) is 0 Å². The molecule has 0 aromatic heterocycles. The number of hydrogen-bond acceptors (Lipinski definition) is 1. The molecule has 1 saturated carbocycles. The Hall–Kier alpha value is -1.05. The molecule has 0 radical (unpaired) electrons. The second-order valence-corrected chi connectivity index (χ2v) is 6.25. The van der Waals surface area contributed by atoms with E-state index in [1.807, 2.05) is 13.8 Å². The van der Waals surface area contributed by atoms with Crippen LogP contribution in [0.5, 0.6) is 0 Å². The molecule has 0 aromatic carbocycles. The van der Waals surface area contributed by atoms with Crippen molar-refractivity contribution in [1.82, 2.24) is 5.32 Å². The van der Waals surface area contributed by atoms with Crippen LogP contribution in [0, 0.1) is 17.8 Å². The molecule has 2 aliphatic carbocycles. The summed E-state index contributed by atoms with van der Waals surface area (Å²) in [6.07, 6.45) is 7.31. The Labute approximate surface area is 117 Å². The molecule has 106 valence electrons. The van der Waals surface area contributed by atoms with E-state index in [-0.39, 0.29) is 5.91 Å². The van der Waals surface area contributed by atoms with Gasteiger partial charge in [-0.15, -0.1) is 0 Å². The number of allylic oxidation sites excluding steroid dienone is 3. The highest BCUT2D eigenvalue weighted by Crippen LogP contribution is 2.48. The molecule has 1 fully saturated rings. The van der Waals surface area contributed by atoms with E-state index in [1.54, 1.807) is 11.1 Å². The summed E-state index contributed by atoms with van der Waals surface area (Å²) in [4.78, 5) is 11.9. The van der Waals surface area contributed by atoms with Gasteiger partial charge in [-0.2, -0.15) is 0 Å². The maximum atomic E-state index is 11.9. The van der Waals surface area contributed by atoms with Gasteiger partial charge in [-0.1, -0.05) is 24.1 Å². The second-order valence-electron chi connectivity index (χ2n) is 6.25. The lowest BCUT2D eigenvalue weighted by molar-refractivity contribution is -0.117. The van der Waals surface area contributed by atoms with E-state index >= 15 is 0 Å². The van der Waals surface area contributed by atoms with Gasteiger partial charge in [-0.3, -0.25) is 4.79 Å². The molecular weight excluding hydrogens is 234 g/mol. The third kappa shape index (κ3) is 2.93. The van der Waals surface area contributed by atoms with Crippen molar-refractivity contribution in [2.75, 3.05) is 6.54 Å². The van der Waals surface area contributed by atoms with Crippen LogP contribution in [-0.2, 0) is 4.79 Å². The van der Waals surface area contributed by atoms with E-state index < -0.39 is 0 Å². The Bertz CT molecular complexity index is 419. The van der Waals surface area contributed by atoms with Crippen LogP contribution in [0.25, 0.3) is 0 Å². The molecule has 2 heteroatoms. The number of amides is 1. The van der Waals surface area contributed by atoms with Gasteiger partial charge < -0.3 is 5.32 Å². The van der Waals surface area contributed by atoms with Crippen molar-refractivity contribution in [2.24, 2.45) is 17.8 Å². The minimum Gasteiger partial charge on any atom is -0.353 e. The van der Waals surface area contributed by atoms with Crippen LogP contribution in [0.4, 0.5) is 0 Å². The van der Waals surface area contributed by atoms with Crippen LogP contribution < -0.4 is 5.32 Å². The first-order chi connectivity index (χ1) is 9.04. The molecule has 0 aromatic rings. The lowest BCUT2D eigenvalue weighted by Gasteiger charge is -2.34. The van der Waals surface area contributed by atoms with Gasteiger partial charge in [0.15, 0.2) is 0 Å². The highest BCUT2D eigenvalue weighted by Gasteiger charge is 2.35. The third-order valence-electron chi connectivity index (χ3n) is 4.89. The lowest BCUT2D eigenvalue weighted by Crippen LogP contribution is -2.26. The van der Waals surface area contributed by atoms with Gasteiger partial charge >= 0.3 is 0 Å². The van der Waals surface area contributed by atoms with Crippen molar-refractivity contribution < 1.29 is 4.79 Å². The molecule has 2 rings (SSSR count). The SMILES string of the molecule is CCNC(=O)/C(C)=C/[C@@H]1CC[C@@H](C)[C@H]2CCC(C)=C12. The number of carbonyl (C=O) groups is 1. The quantitative estimate of drug-likeness (QED) is 0.607. The minimum absolute atomic E-state index is 0.0916. The van der Waals surface area contributed by atoms with Crippen molar-refractivity contribution in [3.05, 3.63) is 22.8 Å². The summed E-state index contributed by atoms with van der Waals surface area (Å²) in [6.45, 7) is 9.29. The van der Waals surface area contributed by atoms with E-state index in [1.165, 1.54) is 25.7 Å². The smallest absolute Gasteiger partial charge is 0.246 e. The molecule has 2 nitrogen and oxygen atoms in total. The Kier molecular flexibility index (Phi) is 4.49. The molecule has 0 unspecified atom stereocenters. The van der Waals surface area contributed by atoms with Gasteiger partial charge in [0.1, 0.15) is 0 Å². The molecule has 19 heavy (non-hydrogen) atoms. The predicted octanol–water partition coefficient (Wildman–Crippen LogP) is 3.84. The zero-order valence-corrected chi connectivity index (χ0v) is 12.8. The molecule has 1 N–H and O–H groups in total. The van der Waals surface area contributed by atoms with Crippen molar-refractivity contribution >= 4 is 5.91 Å². The van der Waals surface area contributed by atoms with E-state index in [9.17, 15) is 4.79 Å². The first kappa shape index (κ1) is 14.4. The first-order valence-corrected chi connectivity index (χ1v) is 7.70. The fraction of sp³-hybridized carbons (Fsp3) is 0.706. The average Bonchev–Trinajstić information content (AvgIpc) is 2.76. The third-order valence-corrected chi connectivity index (χ3v) is 4.89. The standard InChI is InChI=1S/C17H27NO/c1-5-18-17(19)13(4)10-14-8-6-11(2)15-9-7-12(3)16(14)15/h10-11,14-15H,5-9H2,1-4H3,(H,18,19)/b13-10+/t11-,14+,15-/m1/s1. The Morgan fingerprint density at radius 1 is 1.37 bits per heavy atom. The number of fused-ring (bicyclic) bond motifs is 1. The Morgan fingerprint density at radius 3 is 2.79 bits per heavy atom. The van der Waals surface area contributed by atoms with Crippen molar-refractivity contribution in [2.45, 2.75) is 53.4 Å². The summed E-state index contributed by atoms with van der Waals surface area (Å²) >= 11 is 0. The van der Waals surface area contributed by atoms with Gasteiger partial charge in [-0.25, -0.2) is 0 Å². The molecule has 0 saturated heterocycles. The molecule has 1 amide bonds. The van der Waals surface area contributed by atoms with E-state index in [0.29, 0.717) is 12.5 Å². The van der Waals surface area contributed by atoms with Gasteiger partial charge in [-0.05, 0) is 64.2 Å². The number of rotatable bonds is 3. The highest BCUT2D eigenvalue weighted by molar-refractivity contribution is 5.92. The number of hydrogen-bond donors (Lipinski definition) is 1. The Balaban J connectivity index is 2.18. The van der Waals surface area contributed by atoms with Gasteiger partial charge in [0.2, 0.25) is 5.91 Å². The summed E-state index contributed by atoms with van der Waals surface area (Å²) < 4.78 is 0. The lowest BCUT2D eigenvalue weighted by atomic mass is 9.71.